The van der Waals surface area contributed by atoms with Gasteiger partial charge in [0.15, 0.2) is 6.10 Å². The van der Waals surface area contributed by atoms with Crippen molar-refractivity contribution >= 4 is 23.2 Å². The van der Waals surface area contributed by atoms with Crippen molar-refractivity contribution in [1.29, 1.82) is 0 Å². The molecule has 5 rings (SSSR count). The largest absolute Gasteiger partial charge is 0.273 e. The number of anilines is 2. The van der Waals surface area contributed by atoms with Crippen molar-refractivity contribution in [2.24, 2.45) is 5.41 Å². The lowest BCUT2D eigenvalue weighted by Crippen LogP contribution is -2.41. The van der Waals surface area contributed by atoms with Gasteiger partial charge in [-0.2, -0.15) is 0 Å². The third-order valence-electron chi connectivity index (χ3n) is 6.09. The Labute approximate surface area is 175 Å². The first kappa shape index (κ1) is 18.6. The molecule has 2 amide bonds. The highest BCUT2D eigenvalue weighted by molar-refractivity contribution is 6.25. The summed E-state index contributed by atoms with van der Waals surface area (Å²) in [5.41, 5.74) is 2.33. The number of amides is 2. The fourth-order valence-electron chi connectivity index (χ4n) is 4.50. The van der Waals surface area contributed by atoms with Crippen molar-refractivity contribution in [2.45, 2.75) is 26.0 Å². The van der Waals surface area contributed by atoms with E-state index in [2.05, 4.69) is 0 Å². The van der Waals surface area contributed by atoms with E-state index in [0.717, 1.165) is 16.8 Å². The molecule has 0 aromatic heterocycles. The minimum absolute atomic E-state index is 0.242. The third kappa shape index (κ3) is 2.59. The van der Waals surface area contributed by atoms with E-state index in [1.807, 2.05) is 98.8 Å². The zero-order chi connectivity index (χ0) is 20.9. The SMILES string of the molecule is Cc1ccc(N2C(=O)[C@H]3ON(c4ccccc4)[C@@H](c4ccccc4)[C@@]3(C)C2=O)cc1. The van der Waals surface area contributed by atoms with Crippen molar-refractivity contribution in [2.75, 3.05) is 9.96 Å². The molecule has 3 atom stereocenters. The van der Waals surface area contributed by atoms with Gasteiger partial charge in [0.1, 0.15) is 5.41 Å². The maximum Gasteiger partial charge on any atom is 0.266 e. The average molecular weight is 398 g/mol. The van der Waals surface area contributed by atoms with Gasteiger partial charge in [0.05, 0.1) is 17.4 Å². The van der Waals surface area contributed by atoms with Crippen molar-refractivity contribution in [3.8, 4) is 0 Å². The van der Waals surface area contributed by atoms with Crippen molar-refractivity contribution in [3.05, 3.63) is 96.1 Å². The molecule has 2 aliphatic rings. The summed E-state index contributed by atoms with van der Waals surface area (Å²) in [6, 6.07) is 26.4. The molecule has 5 nitrogen and oxygen atoms in total. The minimum atomic E-state index is -1.06. The van der Waals surface area contributed by atoms with E-state index in [4.69, 9.17) is 4.84 Å². The Hall–Kier alpha value is -3.44. The van der Waals surface area contributed by atoms with Gasteiger partial charge in [-0.3, -0.25) is 14.4 Å². The van der Waals surface area contributed by atoms with Crippen molar-refractivity contribution in [1.82, 2.24) is 0 Å². The number of para-hydroxylation sites is 1. The summed E-state index contributed by atoms with van der Waals surface area (Å²) in [5.74, 6) is -0.570. The molecule has 0 spiro atoms. The fraction of sp³-hybridized carbons (Fsp3) is 0.200. The van der Waals surface area contributed by atoms with Crippen LogP contribution in [0.3, 0.4) is 0 Å². The second-order valence-electron chi connectivity index (χ2n) is 8.06. The van der Waals surface area contributed by atoms with Gasteiger partial charge in [-0.15, -0.1) is 0 Å². The highest BCUT2D eigenvalue weighted by atomic mass is 16.7. The molecule has 0 unspecified atom stereocenters. The summed E-state index contributed by atoms with van der Waals surface area (Å²) in [6.07, 6.45) is -0.892. The number of hydroxylamine groups is 1. The highest BCUT2D eigenvalue weighted by Gasteiger charge is 2.68. The number of hydrogen-bond acceptors (Lipinski definition) is 4. The van der Waals surface area contributed by atoms with Crippen LogP contribution in [0.15, 0.2) is 84.9 Å². The summed E-state index contributed by atoms with van der Waals surface area (Å²) < 4.78 is 0. The molecule has 150 valence electrons. The fourth-order valence-corrected chi connectivity index (χ4v) is 4.50. The Balaban J connectivity index is 1.63. The highest BCUT2D eigenvalue weighted by Crippen LogP contribution is 2.55. The Kier molecular flexibility index (Phi) is 4.22. The quantitative estimate of drug-likeness (QED) is 0.612. The number of benzene rings is 3. The van der Waals surface area contributed by atoms with Gasteiger partial charge in [0.2, 0.25) is 5.91 Å². The molecule has 3 aromatic carbocycles. The Morgan fingerprint density at radius 1 is 0.800 bits per heavy atom. The Morgan fingerprint density at radius 3 is 2.03 bits per heavy atom. The summed E-state index contributed by atoms with van der Waals surface area (Å²) in [5, 5.41) is 1.72. The van der Waals surface area contributed by atoms with Crippen LogP contribution in [0.25, 0.3) is 0 Å². The molecular weight excluding hydrogens is 376 g/mol. The number of carbonyl (C=O) groups excluding carboxylic acids is 2. The number of carbonyl (C=O) groups is 2. The maximum atomic E-state index is 13.8. The number of rotatable bonds is 3. The molecule has 3 aromatic rings. The van der Waals surface area contributed by atoms with E-state index >= 15 is 0 Å². The van der Waals surface area contributed by atoms with E-state index in [9.17, 15) is 9.59 Å². The van der Waals surface area contributed by atoms with Gasteiger partial charge >= 0.3 is 0 Å². The van der Waals surface area contributed by atoms with E-state index in [-0.39, 0.29) is 11.8 Å². The zero-order valence-electron chi connectivity index (χ0n) is 16.9. The minimum Gasteiger partial charge on any atom is -0.273 e. The van der Waals surface area contributed by atoms with Crippen LogP contribution in [0.5, 0.6) is 0 Å². The van der Waals surface area contributed by atoms with Crippen LogP contribution >= 0.6 is 0 Å². The molecule has 2 aliphatic heterocycles. The first-order valence-electron chi connectivity index (χ1n) is 10.0. The van der Waals surface area contributed by atoms with Crippen molar-refractivity contribution < 1.29 is 14.4 Å². The lowest BCUT2D eigenvalue weighted by molar-refractivity contribution is -0.128. The summed E-state index contributed by atoms with van der Waals surface area (Å²) in [7, 11) is 0. The first-order valence-corrected chi connectivity index (χ1v) is 10.0. The van der Waals surface area contributed by atoms with Crippen LogP contribution in [0.2, 0.25) is 0 Å². The lowest BCUT2D eigenvalue weighted by Gasteiger charge is -2.32. The average Bonchev–Trinajstić information content (AvgIpc) is 3.19. The molecule has 0 N–H and O–H groups in total. The van der Waals surface area contributed by atoms with Crippen LogP contribution in [0.1, 0.15) is 24.1 Å². The lowest BCUT2D eigenvalue weighted by atomic mass is 9.76. The second kappa shape index (κ2) is 6.82. The summed E-state index contributed by atoms with van der Waals surface area (Å²) >= 11 is 0. The van der Waals surface area contributed by atoms with Gasteiger partial charge in [-0.05, 0) is 43.7 Å². The molecule has 0 radical (unpaired) electrons. The summed E-state index contributed by atoms with van der Waals surface area (Å²) in [4.78, 5) is 34.7. The van der Waals surface area contributed by atoms with Crippen LogP contribution in [0.4, 0.5) is 11.4 Å². The molecule has 0 bridgehead atoms. The van der Waals surface area contributed by atoms with Crippen LogP contribution in [-0.4, -0.2) is 17.9 Å². The predicted molar refractivity (Wildman–Crippen MR) is 115 cm³/mol. The number of imide groups is 1. The molecule has 0 aliphatic carbocycles. The van der Waals surface area contributed by atoms with Crippen LogP contribution < -0.4 is 9.96 Å². The molecule has 2 saturated heterocycles. The number of hydrogen-bond donors (Lipinski definition) is 0. The zero-order valence-corrected chi connectivity index (χ0v) is 16.9. The van der Waals surface area contributed by atoms with Gasteiger partial charge in [-0.25, -0.2) is 9.96 Å². The molecule has 30 heavy (non-hydrogen) atoms. The van der Waals surface area contributed by atoms with Gasteiger partial charge in [0.25, 0.3) is 5.91 Å². The van der Waals surface area contributed by atoms with Crippen LogP contribution in [0, 0.1) is 12.3 Å². The number of aryl methyl sites for hydroxylation is 1. The molecule has 2 fully saturated rings. The van der Waals surface area contributed by atoms with E-state index in [1.165, 1.54) is 4.90 Å². The first-order chi connectivity index (χ1) is 14.5. The number of fused-ring (bicyclic) bond motifs is 1. The molecular formula is C25H22N2O3. The van der Waals surface area contributed by atoms with Gasteiger partial charge in [0, 0.05) is 0 Å². The molecule has 5 heteroatoms. The van der Waals surface area contributed by atoms with E-state index in [1.54, 1.807) is 5.06 Å². The van der Waals surface area contributed by atoms with Crippen LogP contribution in [-0.2, 0) is 14.4 Å². The topological polar surface area (TPSA) is 49.9 Å². The molecule has 0 saturated carbocycles. The van der Waals surface area contributed by atoms with E-state index < -0.39 is 17.6 Å². The summed E-state index contributed by atoms with van der Waals surface area (Å²) in [6.45, 7) is 3.81. The normalized spacial score (nSPS) is 25.7. The van der Waals surface area contributed by atoms with E-state index in [0.29, 0.717) is 5.69 Å². The number of nitrogens with zero attached hydrogens (tertiary/aromatic N) is 2. The molecule has 2 heterocycles. The Bertz CT molecular complexity index is 1100. The predicted octanol–water partition coefficient (Wildman–Crippen LogP) is 4.44. The third-order valence-corrected chi connectivity index (χ3v) is 6.09. The second-order valence-corrected chi connectivity index (χ2v) is 8.06. The van der Waals surface area contributed by atoms with Gasteiger partial charge < -0.3 is 0 Å². The van der Waals surface area contributed by atoms with Crippen molar-refractivity contribution in [3.63, 3.8) is 0 Å². The Morgan fingerprint density at radius 2 is 1.40 bits per heavy atom. The van der Waals surface area contributed by atoms with Gasteiger partial charge in [-0.1, -0.05) is 66.2 Å². The standard InChI is InChI=1S/C25H22N2O3/c1-17-13-15-19(16-14-17)26-23(28)22-25(2,24(26)29)21(18-9-5-3-6-10-18)27(30-22)20-11-7-4-8-12-20/h3-16,21-22H,1-2H3/t21-,22+,25+/m0/s1. The maximum absolute atomic E-state index is 13.8. The monoisotopic (exact) mass is 398 g/mol. The smallest absolute Gasteiger partial charge is 0.266 e.